The van der Waals surface area contributed by atoms with Gasteiger partial charge in [-0.1, -0.05) is 42.5 Å². The summed E-state index contributed by atoms with van der Waals surface area (Å²) in [6.45, 7) is 4.30. The summed E-state index contributed by atoms with van der Waals surface area (Å²) < 4.78 is 0. The van der Waals surface area contributed by atoms with Crippen molar-refractivity contribution in [2.24, 2.45) is 5.73 Å². The predicted molar refractivity (Wildman–Crippen MR) is 90.8 cm³/mol. The number of hydrogen-bond donors (Lipinski definition) is 2. The Balaban J connectivity index is 0.00000220. The van der Waals surface area contributed by atoms with Crippen molar-refractivity contribution in [1.82, 2.24) is 5.32 Å². The molecule has 0 aliphatic heterocycles. The molecule has 0 aliphatic rings. The van der Waals surface area contributed by atoms with E-state index in [2.05, 4.69) is 35.6 Å². The fraction of sp³-hybridized carbons (Fsp3) is 0.353. The molecule has 1 amide bonds. The van der Waals surface area contributed by atoms with E-state index in [9.17, 15) is 4.79 Å². The van der Waals surface area contributed by atoms with Crippen molar-refractivity contribution in [1.29, 1.82) is 0 Å². The summed E-state index contributed by atoms with van der Waals surface area (Å²) in [4.78, 5) is 11.9. The van der Waals surface area contributed by atoms with Crippen molar-refractivity contribution >= 4 is 29.1 Å². The number of aryl methyl sites for hydroxylation is 1. The van der Waals surface area contributed by atoms with E-state index in [0.717, 1.165) is 6.42 Å². The summed E-state index contributed by atoms with van der Waals surface area (Å²) >= 11 is 0. The maximum absolute atomic E-state index is 11.9. The number of rotatable bonds is 5. The fourth-order valence-electron chi connectivity index (χ4n) is 2.14. The summed E-state index contributed by atoms with van der Waals surface area (Å²) in [5.74, 6) is 0.0496. The van der Waals surface area contributed by atoms with Gasteiger partial charge in [-0.15, -0.1) is 12.4 Å². The van der Waals surface area contributed by atoms with Crippen molar-refractivity contribution in [2.75, 3.05) is 6.54 Å². The Bertz CT molecular complexity index is 611. The number of carbonyl (C=O) groups excluding carboxylic acids is 1. The average Bonchev–Trinajstić information content (AvgIpc) is 2.44. The van der Waals surface area contributed by atoms with E-state index in [1.807, 2.05) is 26.0 Å². The number of halogens is 1. The van der Waals surface area contributed by atoms with Gasteiger partial charge in [0.15, 0.2) is 0 Å². The molecule has 21 heavy (non-hydrogen) atoms. The van der Waals surface area contributed by atoms with Crippen molar-refractivity contribution in [2.45, 2.75) is 32.2 Å². The van der Waals surface area contributed by atoms with Gasteiger partial charge < -0.3 is 11.1 Å². The highest BCUT2D eigenvalue weighted by atomic mass is 35.5. The first kappa shape index (κ1) is 17.5. The van der Waals surface area contributed by atoms with Crippen LogP contribution in [0.2, 0.25) is 0 Å². The molecule has 0 saturated carbocycles. The van der Waals surface area contributed by atoms with Crippen LogP contribution in [-0.2, 0) is 11.2 Å². The first-order chi connectivity index (χ1) is 9.50. The lowest BCUT2D eigenvalue weighted by atomic mass is 10.0. The van der Waals surface area contributed by atoms with Crippen LogP contribution in [0.15, 0.2) is 42.5 Å². The number of carbonyl (C=O) groups is 1. The zero-order valence-electron chi connectivity index (χ0n) is 12.6. The fourth-order valence-corrected chi connectivity index (χ4v) is 2.14. The highest BCUT2D eigenvalue weighted by Crippen LogP contribution is 2.16. The van der Waals surface area contributed by atoms with Crippen LogP contribution in [0.3, 0.4) is 0 Å². The van der Waals surface area contributed by atoms with Crippen LogP contribution >= 0.6 is 12.4 Å². The lowest BCUT2D eigenvalue weighted by Crippen LogP contribution is -2.48. The van der Waals surface area contributed by atoms with Gasteiger partial charge in [-0.25, -0.2) is 0 Å². The largest absolute Gasteiger partial charge is 0.350 e. The van der Waals surface area contributed by atoms with E-state index in [4.69, 9.17) is 5.73 Å². The second-order valence-electron chi connectivity index (χ2n) is 5.82. The van der Waals surface area contributed by atoms with Crippen LogP contribution in [0.5, 0.6) is 0 Å². The molecule has 0 spiro atoms. The minimum absolute atomic E-state index is 0. The summed E-state index contributed by atoms with van der Waals surface area (Å²) in [5, 5.41) is 5.39. The Morgan fingerprint density at radius 2 is 1.81 bits per heavy atom. The van der Waals surface area contributed by atoms with Gasteiger partial charge in [-0.2, -0.15) is 0 Å². The maximum atomic E-state index is 11.9. The monoisotopic (exact) mass is 306 g/mol. The molecule has 2 aromatic carbocycles. The SMILES string of the molecule is CC(C)(CN)NC(=O)CCc1ccc2ccccc2c1.Cl. The van der Waals surface area contributed by atoms with Gasteiger partial charge in [0.05, 0.1) is 0 Å². The standard InChI is InChI=1S/C17H22N2O.ClH/c1-17(2,12-18)19-16(20)10-8-13-7-9-14-5-3-4-6-15(14)11-13;/h3-7,9,11H,8,10,12,18H2,1-2H3,(H,19,20);1H. The Hall–Kier alpha value is -1.58. The number of benzene rings is 2. The molecule has 0 unspecified atom stereocenters. The van der Waals surface area contributed by atoms with Crippen LogP contribution < -0.4 is 11.1 Å². The second-order valence-corrected chi connectivity index (χ2v) is 5.82. The van der Waals surface area contributed by atoms with E-state index in [-0.39, 0.29) is 23.9 Å². The van der Waals surface area contributed by atoms with E-state index in [1.165, 1.54) is 16.3 Å². The third-order valence-corrected chi connectivity index (χ3v) is 3.44. The average molecular weight is 307 g/mol. The lowest BCUT2D eigenvalue weighted by molar-refractivity contribution is -0.122. The number of hydrogen-bond acceptors (Lipinski definition) is 2. The molecular formula is C17H23ClN2O. The molecule has 0 atom stereocenters. The van der Waals surface area contributed by atoms with Crippen molar-refractivity contribution < 1.29 is 4.79 Å². The van der Waals surface area contributed by atoms with Gasteiger partial charge >= 0.3 is 0 Å². The van der Waals surface area contributed by atoms with Gasteiger partial charge in [-0.3, -0.25) is 4.79 Å². The molecule has 0 aliphatic carbocycles. The normalized spacial score (nSPS) is 11.0. The number of fused-ring (bicyclic) bond motifs is 1. The Morgan fingerprint density at radius 3 is 2.48 bits per heavy atom. The molecule has 2 rings (SSSR count). The molecule has 0 aromatic heterocycles. The number of nitrogens with one attached hydrogen (secondary N) is 1. The van der Waals surface area contributed by atoms with Gasteiger partial charge in [0.1, 0.15) is 0 Å². The summed E-state index contributed by atoms with van der Waals surface area (Å²) in [5.41, 5.74) is 6.46. The molecule has 0 bridgehead atoms. The van der Waals surface area contributed by atoms with E-state index >= 15 is 0 Å². The molecule has 114 valence electrons. The highest BCUT2D eigenvalue weighted by Gasteiger charge is 2.17. The molecule has 3 nitrogen and oxygen atoms in total. The number of nitrogens with two attached hydrogens (primary N) is 1. The summed E-state index contributed by atoms with van der Waals surface area (Å²) in [6.07, 6.45) is 1.24. The third-order valence-electron chi connectivity index (χ3n) is 3.44. The Kier molecular flexibility index (Phi) is 6.19. The van der Waals surface area contributed by atoms with Gasteiger partial charge in [-0.05, 0) is 36.6 Å². The van der Waals surface area contributed by atoms with Gasteiger partial charge in [0, 0.05) is 18.5 Å². The van der Waals surface area contributed by atoms with Crippen LogP contribution in [0.1, 0.15) is 25.8 Å². The minimum atomic E-state index is -0.333. The lowest BCUT2D eigenvalue weighted by Gasteiger charge is -2.24. The van der Waals surface area contributed by atoms with E-state index < -0.39 is 0 Å². The zero-order valence-corrected chi connectivity index (χ0v) is 13.4. The molecule has 0 saturated heterocycles. The summed E-state index contributed by atoms with van der Waals surface area (Å²) in [6, 6.07) is 14.6. The highest BCUT2D eigenvalue weighted by molar-refractivity contribution is 5.85. The zero-order chi connectivity index (χ0) is 14.6. The van der Waals surface area contributed by atoms with Gasteiger partial charge in [0.25, 0.3) is 0 Å². The second kappa shape index (κ2) is 7.43. The van der Waals surface area contributed by atoms with Crippen LogP contribution in [0.25, 0.3) is 10.8 Å². The van der Waals surface area contributed by atoms with E-state index in [1.54, 1.807) is 0 Å². The van der Waals surface area contributed by atoms with Crippen LogP contribution in [0, 0.1) is 0 Å². The Labute approximate surface area is 132 Å². The molecule has 4 heteroatoms. The third kappa shape index (κ3) is 5.03. The maximum Gasteiger partial charge on any atom is 0.220 e. The molecule has 2 aromatic rings. The van der Waals surface area contributed by atoms with Crippen molar-refractivity contribution in [3.8, 4) is 0 Å². The first-order valence-corrected chi connectivity index (χ1v) is 6.99. The quantitative estimate of drug-likeness (QED) is 0.892. The molecule has 0 fully saturated rings. The molecule has 0 radical (unpaired) electrons. The molecular weight excluding hydrogens is 284 g/mol. The Morgan fingerprint density at radius 1 is 1.14 bits per heavy atom. The minimum Gasteiger partial charge on any atom is -0.350 e. The van der Waals surface area contributed by atoms with E-state index in [0.29, 0.717) is 13.0 Å². The van der Waals surface area contributed by atoms with Crippen molar-refractivity contribution in [3.05, 3.63) is 48.0 Å². The van der Waals surface area contributed by atoms with Crippen LogP contribution in [-0.4, -0.2) is 18.0 Å². The van der Waals surface area contributed by atoms with Gasteiger partial charge in [0.2, 0.25) is 5.91 Å². The summed E-state index contributed by atoms with van der Waals surface area (Å²) in [7, 11) is 0. The smallest absolute Gasteiger partial charge is 0.220 e. The molecule has 0 heterocycles. The van der Waals surface area contributed by atoms with Crippen LogP contribution in [0.4, 0.5) is 0 Å². The topological polar surface area (TPSA) is 55.1 Å². The number of amides is 1. The first-order valence-electron chi connectivity index (χ1n) is 6.99. The van der Waals surface area contributed by atoms with Crippen molar-refractivity contribution in [3.63, 3.8) is 0 Å². The molecule has 3 N–H and O–H groups in total. The predicted octanol–water partition coefficient (Wildman–Crippen LogP) is 3.05.